The first-order valence-corrected chi connectivity index (χ1v) is 6.16. The van der Waals surface area contributed by atoms with Crippen LogP contribution in [0.5, 0.6) is 0 Å². The van der Waals surface area contributed by atoms with Gasteiger partial charge in [-0.1, -0.05) is 41.5 Å². The van der Waals surface area contributed by atoms with Gasteiger partial charge in [0.25, 0.3) is 0 Å². The van der Waals surface area contributed by atoms with E-state index in [0.29, 0.717) is 12.2 Å². The van der Waals surface area contributed by atoms with Crippen molar-refractivity contribution < 1.29 is 9.90 Å². The van der Waals surface area contributed by atoms with Crippen molar-refractivity contribution in [2.75, 3.05) is 0 Å². The van der Waals surface area contributed by atoms with Gasteiger partial charge in [0.15, 0.2) is 0 Å². The Morgan fingerprint density at radius 3 is 2.12 bits per heavy atom. The molecule has 0 bridgehead atoms. The zero-order valence-corrected chi connectivity index (χ0v) is 11.8. The van der Waals surface area contributed by atoms with E-state index in [1.807, 2.05) is 6.08 Å². The van der Waals surface area contributed by atoms with Crippen LogP contribution in [0.15, 0.2) is 23.0 Å². The molecule has 1 aliphatic carbocycles. The topological polar surface area (TPSA) is 37.3 Å². The summed E-state index contributed by atoms with van der Waals surface area (Å²) in [4.78, 5) is 11.0. The standard InChI is InChI=1S/C15H24O2/c1-14(2,3)11-7-10(9-16)8-12(13(11)17)15(4,5)6/h7,9,12,17H,8H2,1-6H3. The molecule has 2 heteroatoms. The van der Waals surface area contributed by atoms with Gasteiger partial charge in [-0.05, 0) is 34.5 Å². The number of carbonyl (C=O) groups excluding carboxylic acids is 1. The molecule has 0 saturated carbocycles. The molecule has 0 amide bonds. The van der Waals surface area contributed by atoms with Crippen LogP contribution in [0.2, 0.25) is 0 Å². The molecule has 0 saturated heterocycles. The van der Waals surface area contributed by atoms with Crippen molar-refractivity contribution >= 4 is 6.29 Å². The molecule has 1 atom stereocenters. The van der Waals surface area contributed by atoms with E-state index in [1.54, 1.807) is 0 Å². The van der Waals surface area contributed by atoms with Gasteiger partial charge in [-0.25, -0.2) is 0 Å². The molecule has 1 aliphatic rings. The predicted molar refractivity (Wildman–Crippen MR) is 70.8 cm³/mol. The average Bonchev–Trinajstić information content (AvgIpc) is 2.14. The van der Waals surface area contributed by atoms with Crippen LogP contribution in [0.25, 0.3) is 0 Å². The minimum atomic E-state index is -0.137. The predicted octanol–water partition coefficient (Wildman–Crippen LogP) is 4.04. The van der Waals surface area contributed by atoms with Gasteiger partial charge in [0.05, 0.1) is 5.76 Å². The third kappa shape index (κ3) is 2.99. The van der Waals surface area contributed by atoms with Crippen LogP contribution < -0.4 is 0 Å². The second-order valence-electron chi connectivity index (χ2n) is 7.01. The summed E-state index contributed by atoms with van der Waals surface area (Å²) in [6.45, 7) is 12.5. The van der Waals surface area contributed by atoms with E-state index in [1.165, 1.54) is 0 Å². The van der Waals surface area contributed by atoms with Crippen molar-refractivity contribution in [1.82, 2.24) is 0 Å². The Hall–Kier alpha value is -1.05. The van der Waals surface area contributed by atoms with E-state index in [4.69, 9.17) is 0 Å². The van der Waals surface area contributed by atoms with Crippen LogP contribution in [0.1, 0.15) is 48.0 Å². The van der Waals surface area contributed by atoms with Crippen LogP contribution >= 0.6 is 0 Å². The number of aldehydes is 1. The quantitative estimate of drug-likeness (QED) is 0.698. The fraction of sp³-hybridized carbons (Fsp3) is 0.667. The maximum atomic E-state index is 11.0. The first-order chi connectivity index (χ1) is 7.57. The van der Waals surface area contributed by atoms with Crippen molar-refractivity contribution in [3.63, 3.8) is 0 Å². The minimum absolute atomic E-state index is 0.0296. The molecule has 1 rings (SSSR count). The molecule has 1 N–H and O–H groups in total. The van der Waals surface area contributed by atoms with E-state index in [0.717, 1.165) is 17.4 Å². The molecule has 0 aromatic heterocycles. The van der Waals surface area contributed by atoms with Crippen LogP contribution in [0, 0.1) is 16.7 Å². The van der Waals surface area contributed by atoms with Gasteiger partial charge in [-0.2, -0.15) is 0 Å². The van der Waals surface area contributed by atoms with Gasteiger partial charge in [0, 0.05) is 5.92 Å². The number of aliphatic hydroxyl groups excluding tert-OH is 1. The first-order valence-electron chi connectivity index (χ1n) is 6.16. The van der Waals surface area contributed by atoms with Gasteiger partial charge in [-0.15, -0.1) is 0 Å². The molecule has 0 fully saturated rings. The van der Waals surface area contributed by atoms with Crippen molar-refractivity contribution in [2.45, 2.75) is 48.0 Å². The Kier molecular flexibility index (Phi) is 3.56. The van der Waals surface area contributed by atoms with Gasteiger partial charge < -0.3 is 5.11 Å². The highest BCUT2D eigenvalue weighted by molar-refractivity contribution is 5.75. The lowest BCUT2D eigenvalue weighted by atomic mass is 9.69. The highest BCUT2D eigenvalue weighted by atomic mass is 16.3. The molecular formula is C15H24O2. The lowest BCUT2D eigenvalue weighted by molar-refractivity contribution is -0.105. The lowest BCUT2D eigenvalue weighted by Crippen LogP contribution is -2.29. The van der Waals surface area contributed by atoms with E-state index in [-0.39, 0.29) is 16.7 Å². The van der Waals surface area contributed by atoms with E-state index in [9.17, 15) is 9.90 Å². The molecule has 0 aromatic rings. The van der Waals surface area contributed by atoms with Crippen molar-refractivity contribution in [2.24, 2.45) is 16.7 Å². The van der Waals surface area contributed by atoms with E-state index < -0.39 is 0 Å². The highest BCUT2D eigenvalue weighted by Crippen LogP contribution is 2.44. The van der Waals surface area contributed by atoms with Crippen molar-refractivity contribution in [3.05, 3.63) is 23.0 Å². The Bertz CT molecular complexity index is 373. The fourth-order valence-corrected chi connectivity index (χ4v) is 2.24. The van der Waals surface area contributed by atoms with Crippen LogP contribution in [-0.2, 0) is 4.79 Å². The zero-order chi connectivity index (χ0) is 13.4. The lowest BCUT2D eigenvalue weighted by Gasteiger charge is -2.36. The van der Waals surface area contributed by atoms with Crippen LogP contribution in [0.4, 0.5) is 0 Å². The van der Waals surface area contributed by atoms with Gasteiger partial charge in [-0.3, -0.25) is 4.79 Å². The molecule has 0 heterocycles. The number of aliphatic hydroxyl groups is 1. The Morgan fingerprint density at radius 2 is 1.76 bits per heavy atom. The van der Waals surface area contributed by atoms with E-state index >= 15 is 0 Å². The summed E-state index contributed by atoms with van der Waals surface area (Å²) in [7, 11) is 0. The monoisotopic (exact) mass is 236 g/mol. The summed E-state index contributed by atoms with van der Waals surface area (Å²) in [6.07, 6.45) is 3.40. The second-order valence-corrected chi connectivity index (χ2v) is 7.01. The summed E-state index contributed by atoms with van der Waals surface area (Å²) < 4.78 is 0. The molecule has 1 unspecified atom stereocenters. The minimum Gasteiger partial charge on any atom is -0.512 e. The third-order valence-corrected chi connectivity index (χ3v) is 3.38. The molecule has 0 radical (unpaired) electrons. The number of hydrogen-bond donors (Lipinski definition) is 1. The first kappa shape index (κ1) is 14.0. The summed E-state index contributed by atoms with van der Waals surface area (Å²) in [6, 6.07) is 0. The van der Waals surface area contributed by atoms with Gasteiger partial charge >= 0.3 is 0 Å². The number of carbonyl (C=O) groups is 1. The number of rotatable bonds is 1. The molecule has 0 aliphatic heterocycles. The summed E-state index contributed by atoms with van der Waals surface area (Å²) in [5, 5.41) is 10.4. The molecule has 0 aromatic carbocycles. The zero-order valence-electron chi connectivity index (χ0n) is 11.8. The summed E-state index contributed by atoms with van der Waals surface area (Å²) in [5.41, 5.74) is 1.50. The third-order valence-electron chi connectivity index (χ3n) is 3.38. The fourth-order valence-electron chi connectivity index (χ4n) is 2.24. The van der Waals surface area contributed by atoms with Gasteiger partial charge in [0.2, 0.25) is 0 Å². The Labute approximate surface area is 104 Å². The molecule has 96 valence electrons. The van der Waals surface area contributed by atoms with Crippen molar-refractivity contribution in [1.29, 1.82) is 0 Å². The summed E-state index contributed by atoms with van der Waals surface area (Å²) >= 11 is 0. The Balaban J connectivity index is 3.30. The van der Waals surface area contributed by atoms with Gasteiger partial charge in [0.1, 0.15) is 6.29 Å². The smallest absolute Gasteiger partial charge is 0.146 e. The molecule has 17 heavy (non-hydrogen) atoms. The van der Waals surface area contributed by atoms with E-state index in [2.05, 4.69) is 41.5 Å². The van der Waals surface area contributed by atoms with Crippen LogP contribution in [0.3, 0.4) is 0 Å². The SMILES string of the molecule is CC(C)(C)C1=C(O)C(C(C)(C)C)CC(C=O)=C1. The normalized spacial score (nSPS) is 22.5. The maximum Gasteiger partial charge on any atom is 0.146 e. The van der Waals surface area contributed by atoms with Crippen LogP contribution in [-0.4, -0.2) is 11.4 Å². The number of allylic oxidation sites excluding steroid dienone is 4. The average molecular weight is 236 g/mol. The number of hydrogen-bond acceptors (Lipinski definition) is 2. The largest absolute Gasteiger partial charge is 0.512 e. The highest BCUT2D eigenvalue weighted by Gasteiger charge is 2.35. The summed E-state index contributed by atoms with van der Waals surface area (Å²) in [5.74, 6) is 0.484. The molecule has 2 nitrogen and oxygen atoms in total. The molecular weight excluding hydrogens is 212 g/mol. The second kappa shape index (κ2) is 4.32. The maximum absolute atomic E-state index is 11.0. The Morgan fingerprint density at radius 1 is 1.24 bits per heavy atom. The molecule has 0 spiro atoms. The van der Waals surface area contributed by atoms with Crippen molar-refractivity contribution in [3.8, 4) is 0 Å².